The number of hydrogen-bond donors (Lipinski definition) is 2. The van der Waals surface area contributed by atoms with Gasteiger partial charge in [-0.3, -0.25) is 9.59 Å². The van der Waals surface area contributed by atoms with Gasteiger partial charge in [-0.25, -0.2) is 4.68 Å². The molecular weight excluding hydrogens is 336 g/mol. The van der Waals surface area contributed by atoms with Gasteiger partial charge in [0.2, 0.25) is 5.91 Å². The number of rotatable bonds is 6. The Hall–Kier alpha value is -3.55. The minimum Gasteiger partial charge on any atom is -0.494 e. The van der Waals surface area contributed by atoms with Crippen molar-refractivity contribution in [1.82, 2.24) is 9.78 Å². The highest BCUT2D eigenvalue weighted by atomic mass is 16.5. The molecule has 0 radical (unpaired) electrons. The fourth-order valence-corrected chi connectivity index (χ4v) is 2.35. The first kappa shape index (κ1) is 17.3. The van der Waals surface area contributed by atoms with Crippen LogP contribution < -0.4 is 21.3 Å². The molecule has 0 aliphatic heterocycles. The van der Waals surface area contributed by atoms with Gasteiger partial charge < -0.3 is 20.2 Å². The molecule has 0 unspecified atom stereocenters. The molecule has 3 aromatic rings. The zero-order valence-electron chi connectivity index (χ0n) is 14.1. The van der Waals surface area contributed by atoms with Gasteiger partial charge in [0, 0.05) is 5.69 Å². The van der Waals surface area contributed by atoms with E-state index in [1.165, 1.54) is 12.3 Å². The van der Waals surface area contributed by atoms with Crippen molar-refractivity contribution in [2.45, 2.75) is 13.5 Å². The van der Waals surface area contributed by atoms with Gasteiger partial charge in [-0.2, -0.15) is 5.10 Å². The summed E-state index contributed by atoms with van der Waals surface area (Å²) in [5.74, 6) is 0.763. The highest BCUT2D eigenvalue weighted by Gasteiger charge is 2.12. The van der Waals surface area contributed by atoms with Gasteiger partial charge in [-0.15, -0.1) is 0 Å². The number of anilines is 2. The van der Waals surface area contributed by atoms with Gasteiger partial charge in [0.25, 0.3) is 5.56 Å². The van der Waals surface area contributed by atoms with Crippen molar-refractivity contribution in [3.05, 3.63) is 59.1 Å². The van der Waals surface area contributed by atoms with E-state index in [0.29, 0.717) is 29.5 Å². The summed E-state index contributed by atoms with van der Waals surface area (Å²) in [4.78, 5) is 24.4. The van der Waals surface area contributed by atoms with Crippen molar-refractivity contribution in [3.8, 4) is 17.2 Å². The lowest BCUT2D eigenvalue weighted by Gasteiger charge is -2.09. The molecular formula is C18H18N4O4. The highest BCUT2D eigenvalue weighted by Crippen LogP contribution is 2.18. The number of nitrogen functional groups attached to an aromatic ring is 1. The number of carbonyl (C=O) groups excluding carboxylic acids is 1. The zero-order chi connectivity index (χ0) is 18.5. The number of nitrogens with one attached hydrogen (secondary N) is 1. The molecule has 134 valence electrons. The van der Waals surface area contributed by atoms with Gasteiger partial charge in [0.05, 0.1) is 12.9 Å². The lowest BCUT2D eigenvalue weighted by molar-refractivity contribution is -0.117. The van der Waals surface area contributed by atoms with Crippen molar-refractivity contribution in [2.75, 3.05) is 17.7 Å². The van der Waals surface area contributed by atoms with Gasteiger partial charge in [-0.1, -0.05) is 0 Å². The van der Waals surface area contributed by atoms with Crippen molar-refractivity contribution < 1.29 is 13.9 Å². The van der Waals surface area contributed by atoms with Gasteiger partial charge >= 0.3 is 0 Å². The van der Waals surface area contributed by atoms with Crippen LogP contribution in [0.25, 0.3) is 11.5 Å². The number of hydrogen-bond acceptors (Lipinski definition) is 6. The first-order chi connectivity index (χ1) is 12.6. The molecule has 0 atom stereocenters. The van der Waals surface area contributed by atoms with E-state index in [9.17, 15) is 9.59 Å². The number of benzene rings is 1. The first-order valence-electron chi connectivity index (χ1n) is 8.01. The average molecular weight is 354 g/mol. The Morgan fingerprint density at radius 3 is 2.73 bits per heavy atom. The maximum Gasteiger partial charge on any atom is 0.290 e. The van der Waals surface area contributed by atoms with E-state index in [1.54, 1.807) is 36.4 Å². The fourth-order valence-electron chi connectivity index (χ4n) is 2.35. The number of ether oxygens (including phenoxy) is 1. The van der Waals surface area contributed by atoms with Crippen LogP contribution >= 0.6 is 0 Å². The van der Waals surface area contributed by atoms with Gasteiger partial charge in [0.15, 0.2) is 5.76 Å². The largest absolute Gasteiger partial charge is 0.494 e. The quantitative estimate of drug-likeness (QED) is 0.701. The maximum atomic E-state index is 12.2. The summed E-state index contributed by atoms with van der Waals surface area (Å²) >= 11 is 0. The van der Waals surface area contributed by atoms with Crippen LogP contribution in [0.2, 0.25) is 0 Å². The number of aromatic nitrogens is 2. The minimum atomic E-state index is -0.540. The first-order valence-corrected chi connectivity index (χ1v) is 8.01. The van der Waals surface area contributed by atoms with Gasteiger partial charge in [-0.05, 0) is 49.4 Å². The lowest BCUT2D eigenvalue weighted by Crippen LogP contribution is -2.31. The molecule has 8 nitrogen and oxygen atoms in total. The zero-order valence-corrected chi connectivity index (χ0v) is 14.1. The summed E-state index contributed by atoms with van der Waals surface area (Å²) in [6, 6.07) is 11.7. The summed E-state index contributed by atoms with van der Waals surface area (Å²) in [6.07, 6.45) is 1.49. The number of amides is 1. The summed E-state index contributed by atoms with van der Waals surface area (Å²) < 4.78 is 11.6. The molecule has 0 aliphatic carbocycles. The molecule has 0 bridgehead atoms. The van der Waals surface area contributed by atoms with Gasteiger partial charge in [0.1, 0.15) is 23.7 Å². The van der Waals surface area contributed by atoms with E-state index < -0.39 is 11.5 Å². The molecule has 0 saturated heterocycles. The second-order valence-electron chi connectivity index (χ2n) is 5.43. The standard InChI is InChI=1S/C18H18N4O4/c1-2-25-13-7-5-12(6-8-13)20-17(23)11-22-18(24)14(19)10-15(21-22)16-4-3-9-26-16/h3-10H,2,11,19H2,1H3,(H,20,23). The Morgan fingerprint density at radius 1 is 1.31 bits per heavy atom. The molecule has 2 aromatic heterocycles. The highest BCUT2D eigenvalue weighted by molar-refractivity contribution is 5.90. The van der Waals surface area contributed by atoms with Crippen LogP contribution in [-0.4, -0.2) is 22.3 Å². The average Bonchev–Trinajstić information content (AvgIpc) is 3.15. The smallest absolute Gasteiger partial charge is 0.290 e. The molecule has 0 spiro atoms. The Morgan fingerprint density at radius 2 is 2.08 bits per heavy atom. The molecule has 26 heavy (non-hydrogen) atoms. The number of carbonyl (C=O) groups is 1. The maximum absolute atomic E-state index is 12.2. The Labute approximate surface area is 149 Å². The number of furan rings is 1. The van der Waals surface area contributed by atoms with Crippen molar-refractivity contribution in [2.24, 2.45) is 0 Å². The predicted molar refractivity (Wildman–Crippen MR) is 96.9 cm³/mol. The predicted octanol–water partition coefficient (Wildman–Crippen LogP) is 2.12. The van der Waals surface area contributed by atoms with Crippen LogP contribution in [0, 0.1) is 0 Å². The second-order valence-corrected chi connectivity index (χ2v) is 5.43. The van der Waals surface area contributed by atoms with E-state index in [1.807, 2.05) is 6.92 Å². The SMILES string of the molecule is CCOc1ccc(NC(=O)Cn2nc(-c3ccco3)cc(N)c2=O)cc1. The van der Waals surface area contributed by atoms with E-state index >= 15 is 0 Å². The van der Waals surface area contributed by atoms with Crippen LogP contribution in [0.3, 0.4) is 0 Å². The number of nitrogens with two attached hydrogens (primary N) is 1. The topological polar surface area (TPSA) is 112 Å². The minimum absolute atomic E-state index is 0.0136. The van der Waals surface area contributed by atoms with E-state index in [4.69, 9.17) is 14.9 Å². The van der Waals surface area contributed by atoms with Crippen LogP contribution in [-0.2, 0) is 11.3 Å². The Balaban J connectivity index is 1.75. The Kier molecular flexibility index (Phi) is 5.02. The second kappa shape index (κ2) is 7.56. The molecule has 8 heteroatoms. The fraction of sp³-hybridized carbons (Fsp3) is 0.167. The van der Waals surface area contributed by atoms with Crippen molar-refractivity contribution in [1.29, 1.82) is 0 Å². The summed E-state index contributed by atoms with van der Waals surface area (Å²) in [6.45, 7) is 2.18. The third-order valence-electron chi connectivity index (χ3n) is 3.52. The molecule has 1 aromatic carbocycles. The van der Waals surface area contributed by atoms with Crippen LogP contribution in [0.1, 0.15) is 6.92 Å². The summed E-state index contributed by atoms with van der Waals surface area (Å²) in [5, 5.41) is 6.85. The molecule has 0 aliphatic rings. The molecule has 0 saturated carbocycles. The Bertz CT molecular complexity index is 946. The van der Waals surface area contributed by atoms with E-state index in [0.717, 1.165) is 4.68 Å². The molecule has 2 heterocycles. The van der Waals surface area contributed by atoms with Crippen molar-refractivity contribution >= 4 is 17.3 Å². The van der Waals surface area contributed by atoms with E-state index in [-0.39, 0.29) is 12.2 Å². The normalized spacial score (nSPS) is 10.5. The summed E-state index contributed by atoms with van der Waals surface area (Å²) in [5.41, 5.74) is 6.15. The van der Waals surface area contributed by atoms with Crippen LogP contribution in [0.4, 0.5) is 11.4 Å². The van der Waals surface area contributed by atoms with Crippen LogP contribution in [0.5, 0.6) is 5.75 Å². The molecule has 1 amide bonds. The summed E-state index contributed by atoms with van der Waals surface area (Å²) in [7, 11) is 0. The van der Waals surface area contributed by atoms with E-state index in [2.05, 4.69) is 10.4 Å². The third-order valence-corrected chi connectivity index (χ3v) is 3.52. The molecule has 0 fully saturated rings. The van der Waals surface area contributed by atoms with Crippen molar-refractivity contribution in [3.63, 3.8) is 0 Å². The lowest BCUT2D eigenvalue weighted by atomic mass is 10.3. The van der Waals surface area contributed by atoms with Crippen LogP contribution in [0.15, 0.2) is 57.9 Å². The number of nitrogens with zero attached hydrogens (tertiary/aromatic N) is 2. The molecule has 3 rings (SSSR count). The monoisotopic (exact) mass is 354 g/mol. The third kappa shape index (κ3) is 3.92. The molecule has 3 N–H and O–H groups in total.